The summed E-state index contributed by atoms with van der Waals surface area (Å²) in [7, 11) is 0. The van der Waals surface area contributed by atoms with Crippen molar-refractivity contribution >= 4 is 18.0 Å². The Morgan fingerprint density at radius 1 is 0.926 bits per heavy atom. The first kappa shape index (κ1) is 16.8. The highest BCUT2D eigenvalue weighted by molar-refractivity contribution is 6.13. The third-order valence-corrected chi connectivity index (χ3v) is 4.53. The molecule has 4 rings (SSSR count). The SMILES string of the molecule is Cc1ccc(-n2cccc2/C=C2/NC(=O)N(Cc3ccccc3)C2=O)cc1. The van der Waals surface area contributed by atoms with E-state index in [2.05, 4.69) is 5.32 Å². The van der Waals surface area contributed by atoms with E-state index in [1.54, 1.807) is 6.08 Å². The zero-order valence-electron chi connectivity index (χ0n) is 14.9. The molecule has 0 bridgehead atoms. The van der Waals surface area contributed by atoms with Crippen molar-refractivity contribution in [2.24, 2.45) is 0 Å². The molecule has 3 amide bonds. The summed E-state index contributed by atoms with van der Waals surface area (Å²) in [5, 5.41) is 2.69. The van der Waals surface area contributed by atoms with E-state index >= 15 is 0 Å². The Kier molecular flexibility index (Phi) is 4.34. The Morgan fingerprint density at radius 2 is 1.67 bits per heavy atom. The largest absolute Gasteiger partial charge is 0.329 e. The molecule has 1 N–H and O–H groups in total. The Bertz CT molecular complexity index is 1020. The fourth-order valence-corrected chi connectivity index (χ4v) is 3.08. The lowest BCUT2D eigenvalue weighted by atomic mass is 10.2. The maximum atomic E-state index is 12.7. The number of carbonyl (C=O) groups excluding carboxylic acids is 2. The average Bonchev–Trinajstić information content (AvgIpc) is 3.24. The van der Waals surface area contributed by atoms with Gasteiger partial charge in [0.05, 0.1) is 6.54 Å². The third-order valence-electron chi connectivity index (χ3n) is 4.53. The lowest BCUT2D eigenvalue weighted by Gasteiger charge is -2.11. The molecule has 2 aromatic carbocycles. The van der Waals surface area contributed by atoms with Gasteiger partial charge in [-0.1, -0.05) is 48.0 Å². The van der Waals surface area contributed by atoms with Gasteiger partial charge in [-0.2, -0.15) is 0 Å². The summed E-state index contributed by atoms with van der Waals surface area (Å²) in [6.07, 6.45) is 3.64. The monoisotopic (exact) mass is 357 g/mol. The van der Waals surface area contributed by atoms with Gasteiger partial charge < -0.3 is 9.88 Å². The number of nitrogens with one attached hydrogen (secondary N) is 1. The molecule has 0 aliphatic carbocycles. The number of aryl methyl sites for hydroxylation is 1. The van der Waals surface area contributed by atoms with E-state index in [0.29, 0.717) is 0 Å². The number of benzene rings is 2. The quantitative estimate of drug-likeness (QED) is 0.569. The average molecular weight is 357 g/mol. The van der Waals surface area contributed by atoms with E-state index in [4.69, 9.17) is 0 Å². The number of aromatic nitrogens is 1. The fourth-order valence-electron chi connectivity index (χ4n) is 3.08. The number of urea groups is 1. The fraction of sp³-hybridized carbons (Fsp3) is 0.0909. The van der Waals surface area contributed by atoms with Crippen LogP contribution in [0.25, 0.3) is 11.8 Å². The number of amides is 3. The van der Waals surface area contributed by atoms with Crippen molar-refractivity contribution in [3.63, 3.8) is 0 Å². The van der Waals surface area contributed by atoms with Crippen LogP contribution in [0.15, 0.2) is 78.6 Å². The molecule has 134 valence electrons. The molecule has 1 aromatic heterocycles. The lowest BCUT2D eigenvalue weighted by molar-refractivity contribution is -0.123. The van der Waals surface area contributed by atoms with Crippen molar-refractivity contribution in [1.82, 2.24) is 14.8 Å². The molecule has 0 saturated carbocycles. The predicted molar refractivity (Wildman–Crippen MR) is 104 cm³/mol. The molecule has 1 aliphatic rings. The zero-order valence-corrected chi connectivity index (χ0v) is 14.9. The zero-order chi connectivity index (χ0) is 18.8. The van der Waals surface area contributed by atoms with Crippen molar-refractivity contribution in [3.05, 3.63) is 95.4 Å². The molecule has 1 saturated heterocycles. The smallest absolute Gasteiger partial charge is 0.317 e. The minimum Gasteiger partial charge on any atom is -0.317 e. The molecule has 5 heteroatoms. The van der Waals surface area contributed by atoms with Crippen LogP contribution in [-0.2, 0) is 11.3 Å². The Labute approximate surface area is 157 Å². The second-order valence-corrected chi connectivity index (χ2v) is 6.50. The van der Waals surface area contributed by atoms with Crippen LogP contribution in [0.3, 0.4) is 0 Å². The summed E-state index contributed by atoms with van der Waals surface area (Å²) in [4.78, 5) is 26.2. The van der Waals surface area contributed by atoms with Crippen molar-refractivity contribution in [3.8, 4) is 5.69 Å². The molecule has 0 unspecified atom stereocenters. The first-order chi connectivity index (χ1) is 13.1. The van der Waals surface area contributed by atoms with Gasteiger partial charge >= 0.3 is 6.03 Å². The second-order valence-electron chi connectivity index (χ2n) is 6.50. The lowest BCUT2D eigenvalue weighted by Crippen LogP contribution is -2.30. The van der Waals surface area contributed by atoms with Gasteiger partial charge in [0.25, 0.3) is 5.91 Å². The Balaban J connectivity index is 1.60. The molecule has 2 heterocycles. The molecule has 1 fully saturated rings. The van der Waals surface area contributed by atoms with Crippen LogP contribution < -0.4 is 5.32 Å². The molecule has 3 aromatic rings. The molecular weight excluding hydrogens is 338 g/mol. The number of carbonyl (C=O) groups is 2. The maximum absolute atomic E-state index is 12.7. The Hall–Kier alpha value is -3.60. The number of rotatable bonds is 4. The minimum atomic E-state index is -0.399. The van der Waals surface area contributed by atoms with Gasteiger partial charge in [-0.15, -0.1) is 0 Å². The third kappa shape index (κ3) is 3.40. The summed E-state index contributed by atoms with van der Waals surface area (Å²) >= 11 is 0. The summed E-state index contributed by atoms with van der Waals surface area (Å²) in [6, 6.07) is 21.0. The van der Waals surface area contributed by atoms with Crippen LogP contribution in [0.4, 0.5) is 4.79 Å². The van der Waals surface area contributed by atoms with Crippen LogP contribution in [-0.4, -0.2) is 21.4 Å². The number of imide groups is 1. The van der Waals surface area contributed by atoms with E-state index in [-0.39, 0.29) is 18.1 Å². The molecule has 0 spiro atoms. The Morgan fingerprint density at radius 3 is 2.41 bits per heavy atom. The summed E-state index contributed by atoms with van der Waals surface area (Å²) < 4.78 is 1.98. The van der Waals surface area contributed by atoms with Gasteiger partial charge in [0.15, 0.2) is 0 Å². The van der Waals surface area contributed by atoms with E-state index in [1.165, 1.54) is 10.5 Å². The van der Waals surface area contributed by atoms with Crippen LogP contribution in [0, 0.1) is 6.92 Å². The van der Waals surface area contributed by atoms with Crippen LogP contribution in [0.1, 0.15) is 16.8 Å². The van der Waals surface area contributed by atoms with Crippen molar-refractivity contribution in [2.75, 3.05) is 0 Å². The van der Waals surface area contributed by atoms with Gasteiger partial charge in [0.1, 0.15) is 5.70 Å². The van der Waals surface area contributed by atoms with Crippen LogP contribution >= 0.6 is 0 Å². The summed E-state index contributed by atoms with van der Waals surface area (Å²) in [6.45, 7) is 2.29. The van der Waals surface area contributed by atoms with Gasteiger partial charge in [0.2, 0.25) is 0 Å². The van der Waals surface area contributed by atoms with Crippen LogP contribution in [0.2, 0.25) is 0 Å². The molecule has 1 aliphatic heterocycles. The topological polar surface area (TPSA) is 54.3 Å². The van der Waals surface area contributed by atoms with Crippen LogP contribution in [0.5, 0.6) is 0 Å². The molecule has 27 heavy (non-hydrogen) atoms. The molecule has 0 atom stereocenters. The molecule has 0 radical (unpaired) electrons. The second kappa shape index (κ2) is 6.96. The normalized spacial score (nSPS) is 15.4. The predicted octanol–water partition coefficient (Wildman–Crippen LogP) is 3.88. The van der Waals surface area contributed by atoms with E-state index in [0.717, 1.165) is 16.9 Å². The van der Waals surface area contributed by atoms with Gasteiger partial charge in [0, 0.05) is 17.6 Å². The van der Waals surface area contributed by atoms with Gasteiger partial charge in [-0.05, 0) is 42.8 Å². The maximum Gasteiger partial charge on any atom is 0.329 e. The highest BCUT2D eigenvalue weighted by atomic mass is 16.2. The first-order valence-corrected chi connectivity index (χ1v) is 8.75. The number of hydrogen-bond donors (Lipinski definition) is 1. The van der Waals surface area contributed by atoms with E-state index in [9.17, 15) is 9.59 Å². The number of hydrogen-bond acceptors (Lipinski definition) is 2. The minimum absolute atomic E-state index is 0.252. The van der Waals surface area contributed by atoms with Gasteiger partial charge in [-0.25, -0.2) is 4.79 Å². The van der Waals surface area contributed by atoms with E-state index < -0.39 is 6.03 Å². The van der Waals surface area contributed by atoms with Crippen molar-refractivity contribution < 1.29 is 9.59 Å². The number of nitrogens with zero attached hydrogens (tertiary/aromatic N) is 2. The summed E-state index contributed by atoms with van der Waals surface area (Å²) in [5.41, 5.74) is 4.19. The van der Waals surface area contributed by atoms with Crippen molar-refractivity contribution in [2.45, 2.75) is 13.5 Å². The highest BCUT2D eigenvalue weighted by Crippen LogP contribution is 2.20. The molecule has 5 nitrogen and oxygen atoms in total. The van der Waals surface area contributed by atoms with E-state index in [1.807, 2.05) is 84.4 Å². The van der Waals surface area contributed by atoms with Crippen molar-refractivity contribution in [1.29, 1.82) is 0 Å². The molecular formula is C22H19N3O2. The summed E-state index contributed by atoms with van der Waals surface area (Å²) in [5.74, 6) is -0.319. The highest BCUT2D eigenvalue weighted by Gasteiger charge is 2.33. The first-order valence-electron chi connectivity index (χ1n) is 8.75. The standard InChI is InChI=1S/C22H19N3O2/c1-16-9-11-18(12-10-16)24-13-5-8-19(24)14-20-21(26)25(22(27)23-20)15-17-6-3-2-4-7-17/h2-14H,15H2,1H3,(H,23,27)/b20-14+. The van der Waals surface area contributed by atoms with Gasteiger partial charge in [-0.3, -0.25) is 9.69 Å².